The lowest BCUT2D eigenvalue weighted by Gasteiger charge is -2.33. The van der Waals surface area contributed by atoms with Crippen LogP contribution in [0.25, 0.3) is 0 Å². The van der Waals surface area contributed by atoms with Crippen LogP contribution < -0.4 is 14.8 Å². The predicted molar refractivity (Wildman–Crippen MR) is 74.8 cm³/mol. The van der Waals surface area contributed by atoms with Crippen LogP contribution in [0.4, 0.5) is 0 Å². The van der Waals surface area contributed by atoms with Crippen LogP contribution in [0.2, 0.25) is 0 Å². The lowest BCUT2D eigenvalue weighted by atomic mass is 10.0. The van der Waals surface area contributed by atoms with Crippen LogP contribution in [-0.2, 0) is 6.54 Å². The summed E-state index contributed by atoms with van der Waals surface area (Å²) in [5.74, 6) is 1.84. The third-order valence-electron chi connectivity index (χ3n) is 3.96. The summed E-state index contributed by atoms with van der Waals surface area (Å²) in [6.07, 6.45) is 2.54. The Kier molecular flexibility index (Phi) is 3.89. The van der Waals surface area contributed by atoms with E-state index < -0.39 is 0 Å². The molecule has 4 nitrogen and oxygen atoms in total. The monoisotopic (exact) mass is 262 g/mol. The summed E-state index contributed by atoms with van der Waals surface area (Å²) in [6.45, 7) is 4.54. The first kappa shape index (κ1) is 12.8. The molecule has 1 fully saturated rings. The third kappa shape index (κ3) is 2.85. The summed E-state index contributed by atoms with van der Waals surface area (Å²) >= 11 is 0. The summed E-state index contributed by atoms with van der Waals surface area (Å²) in [6, 6.07) is 6.81. The van der Waals surface area contributed by atoms with Crippen LogP contribution in [-0.4, -0.2) is 44.3 Å². The highest BCUT2D eigenvalue weighted by molar-refractivity contribution is 5.47. The molecule has 19 heavy (non-hydrogen) atoms. The van der Waals surface area contributed by atoms with Gasteiger partial charge in [0.2, 0.25) is 0 Å². The molecule has 1 aromatic carbocycles. The Bertz CT molecular complexity index is 436. The number of para-hydroxylation sites is 1. The predicted octanol–water partition coefficient (Wildman–Crippen LogP) is 1.64. The second kappa shape index (κ2) is 5.80. The largest absolute Gasteiger partial charge is 0.486 e. The molecule has 0 aromatic heterocycles. The number of piperidine rings is 1. The van der Waals surface area contributed by atoms with Gasteiger partial charge in [0.15, 0.2) is 11.5 Å². The summed E-state index contributed by atoms with van der Waals surface area (Å²) in [7, 11) is 2.05. The molecule has 0 radical (unpaired) electrons. The van der Waals surface area contributed by atoms with Gasteiger partial charge in [0, 0.05) is 24.7 Å². The Morgan fingerprint density at radius 3 is 3.11 bits per heavy atom. The molecule has 2 heterocycles. The van der Waals surface area contributed by atoms with Crippen LogP contribution in [0, 0.1) is 0 Å². The molecular formula is C15H22N2O2. The summed E-state index contributed by atoms with van der Waals surface area (Å²) in [5, 5.41) is 3.38. The zero-order chi connectivity index (χ0) is 13.1. The van der Waals surface area contributed by atoms with Gasteiger partial charge in [-0.1, -0.05) is 12.1 Å². The first-order valence-corrected chi connectivity index (χ1v) is 7.14. The second-order valence-electron chi connectivity index (χ2n) is 5.30. The summed E-state index contributed by atoms with van der Waals surface area (Å²) in [5.41, 5.74) is 1.24. The van der Waals surface area contributed by atoms with Crippen molar-refractivity contribution >= 4 is 0 Å². The van der Waals surface area contributed by atoms with E-state index in [1.807, 2.05) is 6.07 Å². The van der Waals surface area contributed by atoms with E-state index in [4.69, 9.17) is 9.47 Å². The number of benzene rings is 1. The highest BCUT2D eigenvalue weighted by Crippen LogP contribution is 2.34. The fraction of sp³-hybridized carbons (Fsp3) is 0.600. The normalized spacial score (nSPS) is 23.3. The number of nitrogens with one attached hydrogen (secondary N) is 1. The van der Waals surface area contributed by atoms with Crippen molar-refractivity contribution in [3.63, 3.8) is 0 Å². The minimum Gasteiger partial charge on any atom is -0.486 e. The fourth-order valence-electron chi connectivity index (χ4n) is 2.93. The van der Waals surface area contributed by atoms with Gasteiger partial charge in [-0.25, -0.2) is 0 Å². The van der Waals surface area contributed by atoms with Crippen LogP contribution in [0.3, 0.4) is 0 Å². The van der Waals surface area contributed by atoms with E-state index >= 15 is 0 Å². The van der Waals surface area contributed by atoms with Crippen molar-refractivity contribution in [1.29, 1.82) is 0 Å². The van der Waals surface area contributed by atoms with Gasteiger partial charge >= 0.3 is 0 Å². The third-order valence-corrected chi connectivity index (χ3v) is 3.96. The maximum absolute atomic E-state index is 5.78. The number of likely N-dealkylation sites (N-methyl/N-ethyl adjacent to an activating group) is 1. The van der Waals surface area contributed by atoms with Gasteiger partial charge < -0.3 is 14.8 Å². The van der Waals surface area contributed by atoms with E-state index in [0.29, 0.717) is 19.3 Å². The average molecular weight is 262 g/mol. The molecule has 1 saturated heterocycles. The Morgan fingerprint density at radius 2 is 2.21 bits per heavy atom. The van der Waals surface area contributed by atoms with E-state index in [2.05, 4.69) is 29.4 Å². The standard InChI is InChI=1S/C15H22N2O2/c1-16-13-5-3-7-17(11-13)10-12-4-2-6-14-15(12)19-9-8-18-14/h2,4,6,13,16H,3,5,7-11H2,1H3. The number of hydrogen-bond donors (Lipinski definition) is 1. The topological polar surface area (TPSA) is 33.7 Å². The van der Waals surface area contributed by atoms with Crippen molar-refractivity contribution < 1.29 is 9.47 Å². The second-order valence-corrected chi connectivity index (χ2v) is 5.30. The van der Waals surface area contributed by atoms with Crippen molar-refractivity contribution in [2.45, 2.75) is 25.4 Å². The lowest BCUT2D eigenvalue weighted by Crippen LogP contribution is -2.43. The summed E-state index contributed by atoms with van der Waals surface area (Å²) < 4.78 is 11.4. The van der Waals surface area contributed by atoms with Crippen molar-refractivity contribution in [3.05, 3.63) is 23.8 Å². The van der Waals surface area contributed by atoms with Gasteiger partial charge in [-0.2, -0.15) is 0 Å². The quantitative estimate of drug-likeness (QED) is 0.898. The van der Waals surface area contributed by atoms with Crippen LogP contribution in [0.5, 0.6) is 11.5 Å². The van der Waals surface area contributed by atoms with Crippen molar-refractivity contribution in [1.82, 2.24) is 10.2 Å². The van der Waals surface area contributed by atoms with E-state index in [1.54, 1.807) is 0 Å². The van der Waals surface area contributed by atoms with Crippen molar-refractivity contribution in [2.75, 3.05) is 33.4 Å². The molecule has 1 aromatic rings. The van der Waals surface area contributed by atoms with Gasteiger partial charge in [0.25, 0.3) is 0 Å². The molecule has 2 aliphatic heterocycles. The maximum atomic E-state index is 5.78. The zero-order valence-electron chi connectivity index (χ0n) is 11.5. The van der Waals surface area contributed by atoms with Crippen LogP contribution in [0.15, 0.2) is 18.2 Å². The molecule has 0 saturated carbocycles. The Morgan fingerprint density at radius 1 is 1.32 bits per heavy atom. The molecule has 0 amide bonds. The van der Waals surface area contributed by atoms with E-state index in [-0.39, 0.29) is 0 Å². The molecule has 1 unspecified atom stereocenters. The molecule has 0 bridgehead atoms. The minimum atomic E-state index is 0.616. The lowest BCUT2D eigenvalue weighted by molar-refractivity contribution is 0.159. The number of fused-ring (bicyclic) bond motifs is 1. The molecule has 4 heteroatoms. The number of nitrogens with zero attached hydrogens (tertiary/aromatic N) is 1. The van der Waals surface area contributed by atoms with E-state index in [0.717, 1.165) is 24.6 Å². The Labute approximate surface area is 114 Å². The van der Waals surface area contributed by atoms with E-state index in [9.17, 15) is 0 Å². The number of rotatable bonds is 3. The Balaban J connectivity index is 1.72. The molecule has 1 N–H and O–H groups in total. The maximum Gasteiger partial charge on any atom is 0.165 e. The van der Waals surface area contributed by atoms with Gasteiger partial charge in [0.05, 0.1) is 0 Å². The van der Waals surface area contributed by atoms with Gasteiger partial charge in [-0.05, 0) is 32.5 Å². The molecule has 0 spiro atoms. The van der Waals surface area contributed by atoms with Gasteiger partial charge in [-0.3, -0.25) is 4.90 Å². The number of likely N-dealkylation sites (tertiary alicyclic amines) is 1. The van der Waals surface area contributed by atoms with E-state index in [1.165, 1.54) is 24.9 Å². The molecule has 3 rings (SSSR count). The zero-order valence-corrected chi connectivity index (χ0v) is 11.5. The minimum absolute atomic E-state index is 0.616. The molecule has 0 aliphatic carbocycles. The van der Waals surface area contributed by atoms with Crippen LogP contribution in [0.1, 0.15) is 18.4 Å². The van der Waals surface area contributed by atoms with Crippen molar-refractivity contribution in [2.24, 2.45) is 0 Å². The highest BCUT2D eigenvalue weighted by Gasteiger charge is 2.21. The molecular weight excluding hydrogens is 240 g/mol. The highest BCUT2D eigenvalue weighted by atomic mass is 16.6. The first-order chi connectivity index (χ1) is 9.36. The first-order valence-electron chi connectivity index (χ1n) is 7.14. The van der Waals surface area contributed by atoms with Gasteiger partial charge in [0.1, 0.15) is 13.2 Å². The SMILES string of the molecule is CNC1CCCN(Cc2cccc3c2OCCO3)C1. The van der Waals surface area contributed by atoms with Crippen LogP contribution >= 0.6 is 0 Å². The molecule has 104 valence electrons. The fourth-order valence-corrected chi connectivity index (χ4v) is 2.93. The average Bonchev–Trinajstić information content (AvgIpc) is 2.48. The number of hydrogen-bond acceptors (Lipinski definition) is 4. The Hall–Kier alpha value is -1.26. The van der Waals surface area contributed by atoms with Crippen molar-refractivity contribution in [3.8, 4) is 11.5 Å². The smallest absolute Gasteiger partial charge is 0.165 e. The van der Waals surface area contributed by atoms with Gasteiger partial charge in [-0.15, -0.1) is 0 Å². The molecule has 2 aliphatic rings. The summed E-state index contributed by atoms with van der Waals surface area (Å²) in [4.78, 5) is 2.50. The molecule has 1 atom stereocenters. The number of ether oxygens (including phenoxy) is 2.